The number of anilines is 1. The Labute approximate surface area is 462 Å². The lowest BCUT2D eigenvalue weighted by Crippen LogP contribution is -2.61. The minimum atomic E-state index is -2.32. The lowest BCUT2D eigenvalue weighted by Gasteiger charge is -2.45. The van der Waals surface area contributed by atoms with Crippen LogP contribution in [0.25, 0.3) is 0 Å². The fourth-order valence-electron chi connectivity index (χ4n) is 10.0. The molecule has 4 rings (SSSR count). The zero-order valence-corrected chi connectivity index (χ0v) is 45.5. The smallest absolute Gasteiger partial charge is 0.313 e. The third-order valence-electron chi connectivity index (χ3n) is 14.4. The number of carbonyl (C=O) groups is 5. The van der Waals surface area contributed by atoms with Crippen LogP contribution in [0.3, 0.4) is 0 Å². The molecule has 0 amide bonds. The van der Waals surface area contributed by atoms with E-state index >= 15 is 0 Å². The van der Waals surface area contributed by atoms with Crippen LogP contribution in [-0.2, 0) is 38.1 Å². The molecule has 0 saturated carbocycles. The van der Waals surface area contributed by atoms with Crippen molar-refractivity contribution in [3.05, 3.63) is 115 Å². The second-order valence-corrected chi connectivity index (χ2v) is 21.4. The number of benzene rings is 1. The normalized spacial score (nSPS) is 34.1. The molecule has 3 aliphatic rings. The highest BCUT2D eigenvalue weighted by Crippen LogP contribution is 2.38. The van der Waals surface area contributed by atoms with E-state index in [1.165, 1.54) is 13.0 Å². The van der Waals surface area contributed by atoms with Gasteiger partial charge in [-0.2, -0.15) is 0 Å². The molecule has 18 atom stereocenters. The zero-order chi connectivity index (χ0) is 58.4. The van der Waals surface area contributed by atoms with Gasteiger partial charge in [-0.15, -0.1) is 0 Å². The van der Waals surface area contributed by atoms with Crippen molar-refractivity contribution in [2.75, 3.05) is 5.73 Å². The van der Waals surface area contributed by atoms with Gasteiger partial charge < -0.3 is 76.4 Å². The van der Waals surface area contributed by atoms with Crippen LogP contribution in [0.15, 0.2) is 109 Å². The molecule has 3 heterocycles. The number of allylic oxidation sites excluding steroid dienone is 12. The highest BCUT2D eigenvalue weighted by Gasteiger charge is 2.51. The third-order valence-corrected chi connectivity index (χ3v) is 14.4. The van der Waals surface area contributed by atoms with Gasteiger partial charge in [-0.05, 0) is 68.7 Å². The van der Waals surface area contributed by atoms with Gasteiger partial charge in [0.2, 0.25) is 0 Å². The second-order valence-electron chi connectivity index (χ2n) is 21.4. The molecule has 14 unspecified atom stereocenters. The maximum absolute atomic E-state index is 13.3. The lowest BCUT2D eigenvalue weighted by molar-refractivity contribution is -0.308. The van der Waals surface area contributed by atoms with Gasteiger partial charge in [0, 0.05) is 62.1 Å². The number of ether oxygens (including phenoxy) is 4. The van der Waals surface area contributed by atoms with Crippen LogP contribution in [0.1, 0.15) is 115 Å². The second kappa shape index (κ2) is 32.8. The summed E-state index contributed by atoms with van der Waals surface area (Å²) in [6.45, 7) is 7.07. The molecule has 2 fully saturated rings. The molecular weight excluding hydrogens is 1020 g/mol. The first kappa shape index (κ1) is 66.2. The number of carboxylic acid groups (broad SMARTS) is 1. The van der Waals surface area contributed by atoms with Gasteiger partial charge in [-0.1, -0.05) is 106 Å². The molecule has 2 saturated heterocycles. The van der Waals surface area contributed by atoms with E-state index in [2.05, 4.69) is 0 Å². The van der Waals surface area contributed by atoms with Crippen molar-refractivity contribution >= 4 is 35.0 Å². The first-order valence-electron chi connectivity index (χ1n) is 27.1. The van der Waals surface area contributed by atoms with Crippen molar-refractivity contribution in [3.63, 3.8) is 0 Å². The summed E-state index contributed by atoms with van der Waals surface area (Å²) in [6.07, 6.45) is 5.73. The van der Waals surface area contributed by atoms with Gasteiger partial charge in [-0.25, -0.2) is 0 Å². The van der Waals surface area contributed by atoms with Crippen molar-refractivity contribution in [1.82, 2.24) is 0 Å². The zero-order valence-electron chi connectivity index (χ0n) is 45.5. The number of aliphatic carboxylic acids is 1. The van der Waals surface area contributed by atoms with Crippen LogP contribution >= 0.6 is 0 Å². The minimum Gasteiger partial charge on any atom is -0.481 e. The van der Waals surface area contributed by atoms with E-state index in [1.807, 2.05) is 26.8 Å². The average Bonchev–Trinajstić information content (AvgIpc) is 3.40. The summed E-state index contributed by atoms with van der Waals surface area (Å²) in [5.74, 6) is -8.34. The number of hydrogen-bond acceptors (Lipinski definition) is 19. The maximum Gasteiger partial charge on any atom is 0.313 e. The fourth-order valence-corrected chi connectivity index (χ4v) is 10.0. The first-order valence-corrected chi connectivity index (χ1v) is 27.1. The molecule has 79 heavy (non-hydrogen) atoms. The van der Waals surface area contributed by atoms with E-state index in [0.29, 0.717) is 17.7 Å². The number of aliphatic hydroxyl groups excluding tert-OH is 7. The van der Waals surface area contributed by atoms with E-state index in [0.717, 1.165) is 0 Å². The van der Waals surface area contributed by atoms with Crippen LogP contribution in [-0.4, -0.2) is 161 Å². The molecule has 0 aliphatic carbocycles. The van der Waals surface area contributed by atoms with Crippen molar-refractivity contribution < 1.29 is 88.9 Å². The molecule has 0 spiro atoms. The van der Waals surface area contributed by atoms with E-state index in [4.69, 9.17) is 30.4 Å². The summed E-state index contributed by atoms with van der Waals surface area (Å²) >= 11 is 0. The van der Waals surface area contributed by atoms with Gasteiger partial charge >= 0.3 is 11.9 Å². The average molecular weight is 1110 g/mol. The number of esters is 1. The van der Waals surface area contributed by atoms with E-state index in [9.17, 15) is 69.9 Å². The number of rotatable bonds is 10. The third kappa shape index (κ3) is 22.6. The molecule has 0 aromatic heterocycles. The van der Waals surface area contributed by atoms with Gasteiger partial charge in [0.05, 0.1) is 61.0 Å². The topological polar surface area (TPSA) is 356 Å². The van der Waals surface area contributed by atoms with Gasteiger partial charge in [0.15, 0.2) is 17.9 Å². The van der Waals surface area contributed by atoms with Crippen LogP contribution in [0, 0.1) is 23.7 Å². The predicted molar refractivity (Wildman–Crippen MR) is 292 cm³/mol. The summed E-state index contributed by atoms with van der Waals surface area (Å²) in [5.41, 5.74) is 12.7. The number of Topliss-reactive ketones (excluding diaryl/α,β-unsaturated/α-hetero) is 3. The van der Waals surface area contributed by atoms with Gasteiger partial charge in [-0.3, -0.25) is 24.0 Å². The molecule has 20 nitrogen and oxygen atoms in total. The molecule has 1 aromatic carbocycles. The number of carbonyl (C=O) groups excluding carboxylic acids is 4. The van der Waals surface area contributed by atoms with Crippen LogP contribution in [0.2, 0.25) is 0 Å². The summed E-state index contributed by atoms with van der Waals surface area (Å²) in [7, 11) is 0. The number of hydrogen-bond donors (Lipinski definition) is 11. The molecule has 0 radical (unpaired) electrons. The number of nitrogen functional groups attached to an aromatic ring is 1. The Morgan fingerprint density at radius 1 is 0.759 bits per heavy atom. The first-order chi connectivity index (χ1) is 37.4. The summed E-state index contributed by atoms with van der Waals surface area (Å²) < 4.78 is 23.7. The van der Waals surface area contributed by atoms with E-state index < -0.39 is 147 Å². The Balaban J connectivity index is 1.54. The van der Waals surface area contributed by atoms with Gasteiger partial charge in [0.1, 0.15) is 36.1 Å². The van der Waals surface area contributed by atoms with E-state index in [-0.39, 0.29) is 62.1 Å². The van der Waals surface area contributed by atoms with Crippen LogP contribution in [0.4, 0.5) is 5.69 Å². The Morgan fingerprint density at radius 2 is 1.33 bits per heavy atom. The number of carboxylic acids is 1. The highest BCUT2D eigenvalue weighted by atomic mass is 16.7. The van der Waals surface area contributed by atoms with Crippen molar-refractivity contribution in [2.45, 2.75) is 190 Å². The van der Waals surface area contributed by atoms with Crippen LogP contribution < -0.4 is 11.5 Å². The highest BCUT2D eigenvalue weighted by molar-refractivity contribution is 5.97. The van der Waals surface area contributed by atoms with Crippen molar-refractivity contribution in [2.24, 2.45) is 29.4 Å². The number of ketones is 3. The number of fused-ring (bicyclic) bond motifs is 2. The standard InChI is InChI=1S/C59H84N2O18/c1-35-18-15-13-11-9-7-5-6-8-10-12-14-16-21-46(77-58-55(72)53(61)54(71)38(4)76-58)31-50-52(57(73)74)49(69)34-59(75,79-50)33-45(66)29-44(65)28-43(64)27-41(62)19-17-20-42(63)30-51(70)78-56(35)37(3)26-36(2)47(67)32-48(68)39-22-24-40(60)25-23-39/h5-16,18,21-25,35-38,43-47,49-50,52-56,58,64-67,69,71-72,75H,17,19-20,26-34,60-61H2,1-4H3,(H,73,74)/t35?,36?,37?,38-,43?,44?,45?,46?,47?,49?,50?,52?,53+,54-,55+,56?,58?,59?/m1/s1. The number of nitrogens with two attached hydrogens (primary N) is 2. The SMILES string of the molecule is CC1C=CC=CC=CC=CC=CC=CC=CC(OC2O[C@H](C)[C@@H](O)[C@H](N)[C@@H]2O)CC2OC(O)(CC(O)CC(O)CC(O)CC(=O)CCCC(=O)CC(=O)OC1C(C)CC(C)C(O)CC(=O)c1ccc(N)cc1)CC(O)C2C(=O)O. The molecule has 13 N–H and O–H groups in total. The molecule has 438 valence electrons. The maximum atomic E-state index is 13.3. The summed E-state index contributed by atoms with van der Waals surface area (Å²) in [6, 6.07) is 5.27. The number of aliphatic hydroxyl groups is 8. The van der Waals surface area contributed by atoms with Gasteiger partial charge in [0.25, 0.3) is 0 Å². The largest absolute Gasteiger partial charge is 0.481 e. The Bertz CT molecular complexity index is 2330. The van der Waals surface area contributed by atoms with E-state index in [1.54, 1.807) is 97.2 Å². The Hall–Kier alpha value is -5.33. The summed E-state index contributed by atoms with van der Waals surface area (Å²) in [4.78, 5) is 64.6. The fraction of sp³-hybridized carbons (Fsp3) is 0.576. The lowest BCUT2D eigenvalue weighted by atomic mass is 9.82. The molecule has 20 heteroatoms. The van der Waals surface area contributed by atoms with Crippen molar-refractivity contribution in [3.8, 4) is 0 Å². The number of cyclic esters (lactones) is 1. The molecule has 1 aromatic rings. The predicted octanol–water partition coefficient (Wildman–Crippen LogP) is 3.77. The van der Waals surface area contributed by atoms with Crippen molar-refractivity contribution in [1.29, 1.82) is 0 Å². The minimum absolute atomic E-state index is 0.0673. The monoisotopic (exact) mass is 1110 g/mol. The molecular formula is C59H84N2O18. The molecule has 2 bridgehead atoms. The quantitative estimate of drug-likeness (QED) is 0.0687. The Kier molecular flexibility index (Phi) is 27.5. The van der Waals surface area contributed by atoms with Crippen LogP contribution in [0.5, 0.6) is 0 Å². The molecule has 3 aliphatic heterocycles. The Morgan fingerprint density at radius 3 is 1.94 bits per heavy atom. The summed E-state index contributed by atoms with van der Waals surface area (Å²) in [5, 5.41) is 97.8.